The SMILES string of the molecule is CC(Oc1ccc2ccccc2c1)C(=O)NNC(=O)c1ccc(F)cc1. The molecule has 2 N–H and O–H groups in total. The smallest absolute Gasteiger partial charge is 0.279 e. The van der Waals surface area contributed by atoms with Crippen LogP contribution in [0.4, 0.5) is 4.39 Å². The van der Waals surface area contributed by atoms with E-state index < -0.39 is 23.7 Å². The van der Waals surface area contributed by atoms with Crippen LogP contribution in [0.2, 0.25) is 0 Å². The summed E-state index contributed by atoms with van der Waals surface area (Å²) in [7, 11) is 0. The third-order valence-corrected chi connectivity index (χ3v) is 3.81. The van der Waals surface area contributed by atoms with Gasteiger partial charge in [-0.25, -0.2) is 4.39 Å². The minimum atomic E-state index is -0.815. The molecule has 3 rings (SSSR count). The lowest BCUT2D eigenvalue weighted by Crippen LogP contribution is -2.47. The van der Waals surface area contributed by atoms with Gasteiger partial charge in [-0.1, -0.05) is 30.3 Å². The molecule has 0 heterocycles. The summed E-state index contributed by atoms with van der Waals surface area (Å²) in [6, 6.07) is 18.3. The first-order valence-corrected chi connectivity index (χ1v) is 8.04. The highest BCUT2D eigenvalue weighted by Gasteiger charge is 2.16. The minimum Gasteiger partial charge on any atom is -0.481 e. The molecule has 0 saturated heterocycles. The van der Waals surface area contributed by atoms with Crippen molar-refractivity contribution in [3.05, 3.63) is 78.1 Å². The summed E-state index contributed by atoms with van der Waals surface area (Å²) in [6.07, 6.45) is -0.815. The van der Waals surface area contributed by atoms with Gasteiger partial charge in [-0.05, 0) is 54.1 Å². The van der Waals surface area contributed by atoms with E-state index in [4.69, 9.17) is 4.74 Å². The van der Waals surface area contributed by atoms with E-state index in [1.807, 2.05) is 36.4 Å². The number of carbonyl (C=O) groups is 2. The molecule has 0 aromatic heterocycles. The third kappa shape index (κ3) is 4.16. The van der Waals surface area contributed by atoms with Crippen molar-refractivity contribution < 1.29 is 18.7 Å². The van der Waals surface area contributed by atoms with E-state index in [9.17, 15) is 14.0 Å². The van der Waals surface area contributed by atoms with Crippen molar-refractivity contribution in [3.63, 3.8) is 0 Å². The Labute approximate surface area is 149 Å². The highest BCUT2D eigenvalue weighted by atomic mass is 19.1. The van der Waals surface area contributed by atoms with Crippen LogP contribution in [-0.4, -0.2) is 17.9 Å². The Bertz CT molecular complexity index is 941. The fourth-order valence-electron chi connectivity index (χ4n) is 2.39. The number of fused-ring (bicyclic) bond motifs is 1. The number of hydrazine groups is 1. The van der Waals surface area contributed by atoms with Crippen molar-refractivity contribution in [2.24, 2.45) is 0 Å². The summed E-state index contributed by atoms with van der Waals surface area (Å²) in [5.74, 6) is -0.941. The zero-order chi connectivity index (χ0) is 18.5. The van der Waals surface area contributed by atoms with Crippen LogP contribution in [0.3, 0.4) is 0 Å². The largest absolute Gasteiger partial charge is 0.481 e. The second kappa shape index (κ2) is 7.65. The first-order chi connectivity index (χ1) is 12.5. The van der Waals surface area contributed by atoms with Gasteiger partial charge in [0.15, 0.2) is 6.10 Å². The van der Waals surface area contributed by atoms with E-state index >= 15 is 0 Å². The van der Waals surface area contributed by atoms with Gasteiger partial charge in [0.05, 0.1) is 0 Å². The van der Waals surface area contributed by atoms with Crippen molar-refractivity contribution in [2.45, 2.75) is 13.0 Å². The number of halogens is 1. The molecule has 0 aliphatic carbocycles. The predicted octanol–water partition coefficient (Wildman–Crippen LogP) is 3.21. The Hall–Kier alpha value is -3.41. The van der Waals surface area contributed by atoms with Gasteiger partial charge in [0.1, 0.15) is 11.6 Å². The van der Waals surface area contributed by atoms with E-state index in [0.29, 0.717) is 5.75 Å². The Kier molecular flexibility index (Phi) is 5.12. The zero-order valence-electron chi connectivity index (χ0n) is 14.0. The average Bonchev–Trinajstić information content (AvgIpc) is 2.66. The van der Waals surface area contributed by atoms with Gasteiger partial charge in [-0.3, -0.25) is 20.4 Å². The van der Waals surface area contributed by atoms with Crippen LogP contribution in [-0.2, 0) is 4.79 Å². The Morgan fingerprint density at radius 1 is 0.923 bits per heavy atom. The fourth-order valence-corrected chi connectivity index (χ4v) is 2.39. The van der Waals surface area contributed by atoms with Crippen LogP contribution in [0.25, 0.3) is 10.8 Å². The van der Waals surface area contributed by atoms with Gasteiger partial charge in [-0.2, -0.15) is 0 Å². The average molecular weight is 352 g/mol. The van der Waals surface area contributed by atoms with Crippen LogP contribution >= 0.6 is 0 Å². The minimum absolute atomic E-state index is 0.231. The molecule has 0 aliphatic heterocycles. The van der Waals surface area contributed by atoms with Crippen LogP contribution in [0.15, 0.2) is 66.7 Å². The lowest BCUT2D eigenvalue weighted by Gasteiger charge is -2.15. The van der Waals surface area contributed by atoms with Crippen molar-refractivity contribution >= 4 is 22.6 Å². The molecular formula is C20H17FN2O3. The highest BCUT2D eigenvalue weighted by Crippen LogP contribution is 2.21. The molecule has 0 fully saturated rings. The summed E-state index contributed by atoms with van der Waals surface area (Å²) < 4.78 is 18.5. The van der Waals surface area contributed by atoms with E-state index in [2.05, 4.69) is 10.9 Å². The number of amides is 2. The monoisotopic (exact) mass is 352 g/mol. The standard InChI is InChI=1S/C20H17FN2O3/c1-13(26-18-11-8-14-4-2-3-5-16(14)12-18)19(24)22-23-20(25)15-6-9-17(21)10-7-15/h2-13H,1H3,(H,22,24)(H,23,25). The van der Waals surface area contributed by atoms with Gasteiger partial charge in [-0.15, -0.1) is 0 Å². The molecule has 0 radical (unpaired) electrons. The number of carbonyl (C=O) groups excluding carboxylic acids is 2. The number of nitrogens with one attached hydrogen (secondary N) is 2. The highest BCUT2D eigenvalue weighted by molar-refractivity contribution is 5.95. The molecular weight excluding hydrogens is 335 g/mol. The molecule has 0 saturated carbocycles. The van der Waals surface area contributed by atoms with Gasteiger partial charge >= 0.3 is 0 Å². The molecule has 1 unspecified atom stereocenters. The lowest BCUT2D eigenvalue weighted by molar-refractivity contribution is -0.128. The molecule has 6 heteroatoms. The molecule has 132 valence electrons. The maximum Gasteiger partial charge on any atom is 0.279 e. The maximum atomic E-state index is 12.9. The molecule has 5 nitrogen and oxygen atoms in total. The van der Waals surface area contributed by atoms with Crippen LogP contribution in [0.5, 0.6) is 5.75 Å². The number of hydrogen-bond donors (Lipinski definition) is 2. The second-order valence-corrected chi connectivity index (χ2v) is 5.72. The predicted molar refractivity (Wildman–Crippen MR) is 96.0 cm³/mol. The normalized spacial score (nSPS) is 11.6. The van der Waals surface area contributed by atoms with E-state index in [-0.39, 0.29) is 5.56 Å². The summed E-state index contributed by atoms with van der Waals surface area (Å²) in [4.78, 5) is 24.0. The van der Waals surface area contributed by atoms with Crippen LogP contribution in [0, 0.1) is 5.82 Å². The van der Waals surface area contributed by atoms with E-state index in [1.165, 1.54) is 24.3 Å². The van der Waals surface area contributed by atoms with Crippen LogP contribution < -0.4 is 15.6 Å². The van der Waals surface area contributed by atoms with E-state index in [0.717, 1.165) is 10.8 Å². The first-order valence-electron chi connectivity index (χ1n) is 8.04. The zero-order valence-corrected chi connectivity index (χ0v) is 14.0. The molecule has 0 aliphatic rings. The molecule has 2 amide bonds. The topological polar surface area (TPSA) is 67.4 Å². The second-order valence-electron chi connectivity index (χ2n) is 5.72. The molecule has 1 atom stereocenters. The third-order valence-electron chi connectivity index (χ3n) is 3.81. The maximum absolute atomic E-state index is 12.9. The molecule has 3 aromatic rings. The summed E-state index contributed by atoms with van der Waals surface area (Å²) >= 11 is 0. The number of ether oxygens (including phenoxy) is 1. The fraction of sp³-hybridized carbons (Fsp3) is 0.100. The number of hydrogen-bond acceptors (Lipinski definition) is 3. The van der Waals surface area contributed by atoms with Gasteiger partial charge in [0, 0.05) is 5.56 Å². The van der Waals surface area contributed by atoms with Gasteiger partial charge in [0.25, 0.3) is 11.8 Å². The Morgan fingerprint density at radius 3 is 2.35 bits per heavy atom. The van der Waals surface area contributed by atoms with Crippen molar-refractivity contribution in [1.82, 2.24) is 10.9 Å². The van der Waals surface area contributed by atoms with Crippen molar-refractivity contribution in [3.8, 4) is 5.75 Å². The number of rotatable bonds is 4. The molecule has 3 aromatic carbocycles. The molecule has 0 spiro atoms. The van der Waals surface area contributed by atoms with E-state index in [1.54, 1.807) is 13.0 Å². The summed E-state index contributed by atoms with van der Waals surface area (Å²) in [6.45, 7) is 1.58. The first kappa shape index (κ1) is 17.4. The molecule has 26 heavy (non-hydrogen) atoms. The lowest BCUT2D eigenvalue weighted by atomic mass is 10.1. The van der Waals surface area contributed by atoms with Crippen LogP contribution in [0.1, 0.15) is 17.3 Å². The quantitative estimate of drug-likeness (QED) is 0.709. The number of benzene rings is 3. The Morgan fingerprint density at radius 2 is 1.62 bits per heavy atom. The van der Waals surface area contributed by atoms with Crippen molar-refractivity contribution in [1.29, 1.82) is 0 Å². The van der Waals surface area contributed by atoms with Crippen molar-refractivity contribution in [2.75, 3.05) is 0 Å². The Balaban J connectivity index is 1.56. The summed E-state index contributed by atoms with van der Waals surface area (Å²) in [5.41, 5.74) is 4.80. The van der Waals surface area contributed by atoms with Gasteiger partial charge in [0.2, 0.25) is 0 Å². The molecule has 0 bridgehead atoms. The van der Waals surface area contributed by atoms with Gasteiger partial charge < -0.3 is 4.74 Å². The summed E-state index contributed by atoms with van der Waals surface area (Å²) in [5, 5.41) is 2.07.